The van der Waals surface area contributed by atoms with E-state index in [-0.39, 0.29) is 11.7 Å². The fourth-order valence-corrected chi connectivity index (χ4v) is 2.85. The minimum absolute atomic E-state index is 0.0817. The molecule has 1 aromatic heterocycles. The molecule has 1 amide bonds. The van der Waals surface area contributed by atoms with Gasteiger partial charge in [0, 0.05) is 24.8 Å². The molecule has 0 aliphatic heterocycles. The second kappa shape index (κ2) is 8.61. The van der Waals surface area contributed by atoms with Crippen molar-refractivity contribution < 1.29 is 13.6 Å². The van der Waals surface area contributed by atoms with Crippen LogP contribution in [0.1, 0.15) is 29.8 Å². The lowest BCUT2D eigenvalue weighted by Crippen LogP contribution is -2.30. The molecule has 144 valence electrons. The van der Waals surface area contributed by atoms with E-state index >= 15 is 0 Å². The van der Waals surface area contributed by atoms with E-state index in [4.69, 9.17) is 0 Å². The van der Waals surface area contributed by atoms with Gasteiger partial charge in [-0.25, -0.2) is 8.78 Å². The highest BCUT2D eigenvalue weighted by Crippen LogP contribution is 2.22. The molecule has 28 heavy (non-hydrogen) atoms. The number of amides is 1. The van der Waals surface area contributed by atoms with Gasteiger partial charge < -0.3 is 10.2 Å². The second-order valence-electron chi connectivity index (χ2n) is 6.72. The fraction of sp³-hybridized carbons (Fsp3) is 0.182. The lowest BCUT2D eigenvalue weighted by atomic mass is 10.1. The molecule has 0 fully saturated rings. The van der Waals surface area contributed by atoms with Crippen molar-refractivity contribution in [2.75, 3.05) is 10.2 Å². The summed E-state index contributed by atoms with van der Waals surface area (Å²) < 4.78 is 26.8. The standard InChI is InChI=1S/C22H21F2N3O/c1-15(2)27(14-16-6-4-3-5-7-16)19-10-17(12-25-13-19)22(28)26-21-9-8-18(23)11-20(21)24/h3-13,15H,14H2,1-2H3,(H,26,28). The van der Waals surface area contributed by atoms with Gasteiger partial charge in [0.2, 0.25) is 0 Å². The van der Waals surface area contributed by atoms with Gasteiger partial charge in [-0.05, 0) is 37.6 Å². The lowest BCUT2D eigenvalue weighted by molar-refractivity contribution is 0.102. The van der Waals surface area contributed by atoms with E-state index in [0.29, 0.717) is 12.1 Å². The van der Waals surface area contributed by atoms with Crippen LogP contribution in [0.15, 0.2) is 67.0 Å². The maximum absolute atomic E-state index is 13.8. The Morgan fingerprint density at radius 3 is 2.50 bits per heavy atom. The van der Waals surface area contributed by atoms with E-state index in [0.717, 1.165) is 23.4 Å². The zero-order valence-corrected chi connectivity index (χ0v) is 15.7. The molecule has 0 saturated heterocycles. The van der Waals surface area contributed by atoms with Gasteiger partial charge in [0.05, 0.1) is 23.1 Å². The van der Waals surface area contributed by atoms with Crippen molar-refractivity contribution in [2.24, 2.45) is 0 Å². The maximum Gasteiger partial charge on any atom is 0.257 e. The first-order chi connectivity index (χ1) is 13.4. The molecule has 0 atom stereocenters. The Hall–Kier alpha value is -3.28. The van der Waals surface area contributed by atoms with Crippen LogP contribution in [0.5, 0.6) is 0 Å². The highest BCUT2D eigenvalue weighted by atomic mass is 19.1. The van der Waals surface area contributed by atoms with Crippen molar-refractivity contribution in [2.45, 2.75) is 26.4 Å². The Morgan fingerprint density at radius 2 is 1.82 bits per heavy atom. The maximum atomic E-state index is 13.8. The van der Waals surface area contributed by atoms with Gasteiger partial charge in [0.1, 0.15) is 11.6 Å². The number of nitrogens with one attached hydrogen (secondary N) is 1. The van der Waals surface area contributed by atoms with Crippen molar-refractivity contribution in [1.82, 2.24) is 4.98 Å². The number of carbonyl (C=O) groups is 1. The van der Waals surface area contributed by atoms with Crippen molar-refractivity contribution >= 4 is 17.3 Å². The topological polar surface area (TPSA) is 45.2 Å². The molecule has 1 N–H and O–H groups in total. The van der Waals surface area contributed by atoms with Gasteiger partial charge in [-0.1, -0.05) is 30.3 Å². The van der Waals surface area contributed by atoms with Crippen molar-refractivity contribution in [3.8, 4) is 0 Å². The molecule has 3 aromatic rings. The molecule has 0 unspecified atom stereocenters. The molecule has 0 radical (unpaired) electrons. The van der Waals surface area contributed by atoms with E-state index in [1.165, 1.54) is 12.3 Å². The first-order valence-electron chi connectivity index (χ1n) is 8.96. The quantitative estimate of drug-likeness (QED) is 0.652. The van der Waals surface area contributed by atoms with Gasteiger partial charge in [-0.2, -0.15) is 0 Å². The first-order valence-corrected chi connectivity index (χ1v) is 8.96. The number of rotatable bonds is 6. The smallest absolute Gasteiger partial charge is 0.257 e. The van der Waals surface area contributed by atoms with Gasteiger partial charge >= 0.3 is 0 Å². The number of benzene rings is 2. The number of aromatic nitrogens is 1. The van der Waals surface area contributed by atoms with Gasteiger partial charge in [-0.15, -0.1) is 0 Å². The summed E-state index contributed by atoms with van der Waals surface area (Å²) in [4.78, 5) is 18.8. The summed E-state index contributed by atoms with van der Waals surface area (Å²) in [7, 11) is 0. The molecule has 0 aliphatic rings. The summed E-state index contributed by atoms with van der Waals surface area (Å²) in [6.07, 6.45) is 3.11. The number of hydrogen-bond donors (Lipinski definition) is 1. The monoisotopic (exact) mass is 381 g/mol. The molecule has 1 heterocycles. The van der Waals surface area contributed by atoms with Crippen molar-refractivity contribution in [1.29, 1.82) is 0 Å². The number of pyridine rings is 1. The molecular formula is C22H21F2N3O. The van der Waals surface area contributed by atoms with Crippen molar-refractivity contribution in [3.63, 3.8) is 0 Å². The van der Waals surface area contributed by atoms with Gasteiger partial charge in [-0.3, -0.25) is 9.78 Å². The van der Waals surface area contributed by atoms with Crippen LogP contribution in [0.25, 0.3) is 0 Å². The number of nitrogens with zero attached hydrogens (tertiary/aromatic N) is 2. The van der Waals surface area contributed by atoms with Crippen LogP contribution in [0.3, 0.4) is 0 Å². The minimum atomic E-state index is -0.828. The fourth-order valence-electron chi connectivity index (χ4n) is 2.85. The zero-order valence-electron chi connectivity index (χ0n) is 15.7. The highest BCUT2D eigenvalue weighted by molar-refractivity contribution is 6.04. The summed E-state index contributed by atoms with van der Waals surface area (Å²) in [5, 5.41) is 2.46. The van der Waals surface area contributed by atoms with Crippen LogP contribution in [0.4, 0.5) is 20.2 Å². The molecular weight excluding hydrogens is 360 g/mol. The molecule has 2 aromatic carbocycles. The van der Waals surface area contributed by atoms with E-state index in [2.05, 4.69) is 29.0 Å². The van der Waals surface area contributed by atoms with E-state index in [9.17, 15) is 13.6 Å². The predicted molar refractivity (Wildman–Crippen MR) is 106 cm³/mol. The molecule has 0 spiro atoms. The predicted octanol–water partition coefficient (Wildman–Crippen LogP) is 5.03. The van der Waals surface area contributed by atoms with Gasteiger partial charge in [0.25, 0.3) is 5.91 Å². The SMILES string of the molecule is CC(C)N(Cc1ccccc1)c1cncc(C(=O)Nc2ccc(F)cc2F)c1. The summed E-state index contributed by atoms with van der Waals surface area (Å²) in [6.45, 7) is 4.78. The third-order valence-corrected chi connectivity index (χ3v) is 4.32. The highest BCUT2D eigenvalue weighted by Gasteiger charge is 2.16. The summed E-state index contributed by atoms with van der Waals surface area (Å²) in [6, 6.07) is 14.9. The summed E-state index contributed by atoms with van der Waals surface area (Å²) in [5.41, 5.74) is 2.13. The number of hydrogen-bond acceptors (Lipinski definition) is 3. The Kier molecular flexibility index (Phi) is 5.99. The van der Waals surface area contributed by atoms with Crippen LogP contribution in [-0.2, 0) is 6.54 Å². The molecule has 3 rings (SSSR count). The number of halogens is 2. The normalized spacial score (nSPS) is 10.8. The van der Waals surface area contributed by atoms with Crippen LogP contribution in [0, 0.1) is 11.6 Å². The molecule has 4 nitrogen and oxygen atoms in total. The number of carbonyl (C=O) groups excluding carboxylic acids is 1. The molecule has 6 heteroatoms. The first kappa shape index (κ1) is 19.5. The zero-order chi connectivity index (χ0) is 20.1. The second-order valence-corrected chi connectivity index (χ2v) is 6.72. The molecule has 0 bridgehead atoms. The Morgan fingerprint density at radius 1 is 1.07 bits per heavy atom. The third-order valence-electron chi connectivity index (χ3n) is 4.32. The van der Waals surface area contributed by atoms with Crippen LogP contribution < -0.4 is 10.2 Å². The third kappa shape index (κ3) is 4.71. The Bertz CT molecular complexity index is 961. The van der Waals surface area contributed by atoms with E-state index in [1.807, 2.05) is 30.3 Å². The lowest BCUT2D eigenvalue weighted by Gasteiger charge is -2.29. The summed E-state index contributed by atoms with van der Waals surface area (Å²) in [5.74, 6) is -2.04. The molecule has 0 aliphatic carbocycles. The van der Waals surface area contributed by atoms with Crippen molar-refractivity contribution in [3.05, 3.63) is 89.8 Å². The summed E-state index contributed by atoms with van der Waals surface area (Å²) >= 11 is 0. The molecule has 0 saturated carbocycles. The largest absolute Gasteiger partial charge is 0.364 e. The Labute approximate surface area is 162 Å². The average Bonchev–Trinajstić information content (AvgIpc) is 2.69. The van der Waals surface area contributed by atoms with Crippen LogP contribution in [-0.4, -0.2) is 16.9 Å². The van der Waals surface area contributed by atoms with Gasteiger partial charge in [0.15, 0.2) is 0 Å². The van der Waals surface area contributed by atoms with Crippen LogP contribution >= 0.6 is 0 Å². The minimum Gasteiger partial charge on any atom is -0.364 e. The Balaban J connectivity index is 1.82. The average molecular weight is 381 g/mol. The number of anilines is 2. The van der Waals surface area contributed by atoms with Crippen LogP contribution in [0.2, 0.25) is 0 Å². The van der Waals surface area contributed by atoms with E-state index in [1.54, 1.807) is 12.3 Å². The van der Waals surface area contributed by atoms with E-state index < -0.39 is 17.5 Å².